The zero-order valence-electron chi connectivity index (χ0n) is 5.41. The Labute approximate surface area is 71.2 Å². The first-order valence-corrected chi connectivity index (χ1v) is 3.65. The van der Waals surface area contributed by atoms with Crippen LogP contribution in [-0.2, 0) is 0 Å². The van der Waals surface area contributed by atoms with E-state index in [0.29, 0.717) is 4.60 Å². The lowest BCUT2D eigenvalue weighted by atomic mass is 9.81. The van der Waals surface area contributed by atoms with Gasteiger partial charge in [-0.2, -0.15) is 0 Å². The first-order chi connectivity index (χ1) is 5.09. The molecule has 6 heteroatoms. The lowest BCUT2D eigenvalue weighted by Crippen LogP contribution is -2.33. The van der Waals surface area contributed by atoms with Crippen LogP contribution in [0.5, 0.6) is 0 Å². The molecule has 0 saturated carbocycles. The van der Waals surface area contributed by atoms with Crippen molar-refractivity contribution in [1.29, 1.82) is 0 Å². The summed E-state index contributed by atoms with van der Waals surface area (Å²) in [5, 5.41) is 17.3. The van der Waals surface area contributed by atoms with Gasteiger partial charge in [-0.05, 0) is 27.5 Å². The molecule has 58 valence electrons. The molecular formula is C5H5BBrNO3. The highest BCUT2D eigenvalue weighted by Crippen LogP contribution is 1.97. The third kappa shape index (κ3) is 2.18. The number of halogens is 1. The molecule has 1 aromatic rings. The molecule has 0 radical (unpaired) electrons. The average Bonchev–Trinajstić information content (AvgIpc) is 1.85. The summed E-state index contributed by atoms with van der Waals surface area (Å²) in [6.45, 7) is 0. The Balaban J connectivity index is 3.19. The molecule has 0 atom stereocenters. The fraction of sp³-hybridized carbons (Fsp3) is 0. The van der Waals surface area contributed by atoms with Crippen molar-refractivity contribution in [2.75, 3.05) is 0 Å². The van der Waals surface area contributed by atoms with Gasteiger partial charge in [-0.25, -0.2) is 0 Å². The molecule has 0 aliphatic rings. The normalized spacial score (nSPS) is 9.73. The number of hydrogen-bond acceptors (Lipinski definition) is 3. The molecular weight excluding hydrogens is 213 g/mol. The van der Waals surface area contributed by atoms with E-state index < -0.39 is 7.12 Å². The number of nitrogens with one attached hydrogen (secondary N) is 1. The van der Waals surface area contributed by atoms with Crippen LogP contribution in [0.25, 0.3) is 0 Å². The lowest BCUT2D eigenvalue weighted by Gasteiger charge is -1.97. The fourth-order valence-corrected chi connectivity index (χ4v) is 1.14. The van der Waals surface area contributed by atoms with E-state index in [4.69, 9.17) is 10.0 Å². The summed E-state index contributed by atoms with van der Waals surface area (Å²) >= 11 is 3.00. The minimum atomic E-state index is -1.60. The maximum atomic E-state index is 10.7. The molecule has 11 heavy (non-hydrogen) atoms. The van der Waals surface area contributed by atoms with Crippen LogP contribution in [0.2, 0.25) is 0 Å². The van der Waals surface area contributed by atoms with Crippen LogP contribution in [0, 0.1) is 0 Å². The van der Waals surface area contributed by atoms with Crippen LogP contribution in [0.3, 0.4) is 0 Å². The molecule has 0 bridgehead atoms. The van der Waals surface area contributed by atoms with Gasteiger partial charge < -0.3 is 15.0 Å². The summed E-state index contributed by atoms with van der Waals surface area (Å²) in [5.41, 5.74) is -0.205. The van der Waals surface area contributed by atoms with Crippen molar-refractivity contribution in [3.8, 4) is 0 Å². The van der Waals surface area contributed by atoms with Crippen molar-refractivity contribution in [3.05, 3.63) is 27.1 Å². The summed E-state index contributed by atoms with van der Waals surface area (Å²) in [5.74, 6) is 0. The van der Waals surface area contributed by atoms with Crippen molar-refractivity contribution < 1.29 is 10.0 Å². The molecule has 1 aromatic heterocycles. The van der Waals surface area contributed by atoms with Gasteiger partial charge in [0.15, 0.2) is 0 Å². The second kappa shape index (κ2) is 3.21. The monoisotopic (exact) mass is 217 g/mol. The summed E-state index contributed by atoms with van der Waals surface area (Å²) in [4.78, 5) is 13.1. The van der Waals surface area contributed by atoms with Crippen LogP contribution in [0.1, 0.15) is 0 Å². The van der Waals surface area contributed by atoms with E-state index in [-0.39, 0.29) is 11.0 Å². The molecule has 0 aliphatic heterocycles. The number of aromatic nitrogens is 1. The van der Waals surface area contributed by atoms with Gasteiger partial charge >= 0.3 is 7.12 Å². The first-order valence-electron chi connectivity index (χ1n) is 2.85. The number of H-pyrrole nitrogens is 1. The van der Waals surface area contributed by atoms with Gasteiger partial charge in [0.2, 0.25) is 5.56 Å². The van der Waals surface area contributed by atoms with E-state index in [1.165, 1.54) is 6.07 Å². The highest BCUT2D eigenvalue weighted by Gasteiger charge is 2.11. The van der Waals surface area contributed by atoms with E-state index in [1.54, 1.807) is 0 Å². The fourth-order valence-electron chi connectivity index (χ4n) is 0.678. The van der Waals surface area contributed by atoms with E-state index in [2.05, 4.69) is 20.9 Å². The van der Waals surface area contributed by atoms with E-state index in [9.17, 15) is 4.79 Å². The molecule has 0 aromatic carbocycles. The van der Waals surface area contributed by atoms with Crippen LogP contribution >= 0.6 is 15.9 Å². The number of rotatable bonds is 1. The van der Waals surface area contributed by atoms with Gasteiger partial charge in [0.05, 0.1) is 4.60 Å². The summed E-state index contributed by atoms with van der Waals surface area (Å²) in [6, 6.07) is 2.54. The summed E-state index contributed by atoms with van der Waals surface area (Å²) < 4.78 is 0.424. The van der Waals surface area contributed by atoms with Crippen LogP contribution in [0.4, 0.5) is 0 Å². The molecule has 0 aliphatic carbocycles. The number of pyridine rings is 1. The Kier molecular flexibility index (Phi) is 2.48. The van der Waals surface area contributed by atoms with Crippen molar-refractivity contribution in [2.24, 2.45) is 0 Å². The SMILES string of the molecule is O=c1cc(B(O)O)cc(Br)[nH]1. The molecule has 0 saturated heterocycles. The zero-order chi connectivity index (χ0) is 8.43. The van der Waals surface area contributed by atoms with Crippen molar-refractivity contribution >= 4 is 28.5 Å². The van der Waals surface area contributed by atoms with E-state index >= 15 is 0 Å². The minimum Gasteiger partial charge on any atom is -0.423 e. The maximum Gasteiger partial charge on any atom is 0.488 e. The Hall–Kier alpha value is -0.585. The number of hydrogen-bond donors (Lipinski definition) is 3. The highest BCUT2D eigenvalue weighted by molar-refractivity contribution is 9.10. The zero-order valence-corrected chi connectivity index (χ0v) is 7.00. The molecule has 4 nitrogen and oxygen atoms in total. The van der Waals surface area contributed by atoms with Gasteiger partial charge in [0, 0.05) is 6.07 Å². The van der Waals surface area contributed by atoms with Gasteiger partial charge in [0.25, 0.3) is 0 Å². The third-order valence-corrected chi connectivity index (χ3v) is 1.56. The molecule has 3 N–H and O–H groups in total. The predicted molar refractivity (Wildman–Crippen MR) is 44.6 cm³/mol. The second-order valence-electron chi connectivity index (χ2n) is 2.00. The Bertz CT molecular complexity index is 311. The smallest absolute Gasteiger partial charge is 0.423 e. The predicted octanol–water partition coefficient (Wildman–Crippen LogP) is -1.18. The minimum absolute atomic E-state index is 0.167. The second-order valence-corrected chi connectivity index (χ2v) is 2.85. The van der Waals surface area contributed by atoms with E-state index in [0.717, 1.165) is 6.07 Å². The standard InChI is InChI=1S/C5H5BBrNO3/c7-4-1-3(6(10)11)2-5(9)8-4/h1-2,10-11H,(H,8,9). The Morgan fingerprint density at radius 1 is 1.45 bits per heavy atom. The highest BCUT2D eigenvalue weighted by atomic mass is 79.9. The van der Waals surface area contributed by atoms with Gasteiger partial charge in [-0.15, -0.1) is 0 Å². The molecule has 1 rings (SSSR count). The molecule has 0 fully saturated rings. The summed E-state index contributed by atoms with van der Waals surface area (Å²) in [6.07, 6.45) is 0. The lowest BCUT2D eigenvalue weighted by molar-refractivity contribution is 0.425. The summed E-state index contributed by atoms with van der Waals surface area (Å²) in [7, 11) is -1.60. The molecule has 0 unspecified atom stereocenters. The van der Waals surface area contributed by atoms with Gasteiger partial charge in [-0.1, -0.05) is 0 Å². The van der Waals surface area contributed by atoms with Gasteiger partial charge in [-0.3, -0.25) is 4.79 Å². The molecule has 1 heterocycles. The molecule has 0 spiro atoms. The first kappa shape index (κ1) is 8.51. The van der Waals surface area contributed by atoms with Gasteiger partial charge in [0.1, 0.15) is 0 Å². The topological polar surface area (TPSA) is 73.3 Å². The van der Waals surface area contributed by atoms with Crippen molar-refractivity contribution in [1.82, 2.24) is 4.98 Å². The van der Waals surface area contributed by atoms with Crippen LogP contribution < -0.4 is 11.0 Å². The molecule has 0 amide bonds. The average molecular weight is 218 g/mol. The quantitative estimate of drug-likeness (QED) is 0.410. The van der Waals surface area contributed by atoms with Crippen molar-refractivity contribution in [3.63, 3.8) is 0 Å². The Morgan fingerprint density at radius 2 is 2.09 bits per heavy atom. The number of aromatic amines is 1. The van der Waals surface area contributed by atoms with Crippen LogP contribution in [-0.4, -0.2) is 22.2 Å². The maximum absolute atomic E-state index is 10.7. The largest absolute Gasteiger partial charge is 0.488 e. The van der Waals surface area contributed by atoms with Crippen molar-refractivity contribution in [2.45, 2.75) is 0 Å². The van der Waals surface area contributed by atoms with Crippen LogP contribution in [0.15, 0.2) is 21.5 Å². The third-order valence-electron chi connectivity index (χ3n) is 1.13. The Morgan fingerprint density at radius 3 is 2.55 bits per heavy atom. The van der Waals surface area contributed by atoms with E-state index in [1.807, 2.05) is 0 Å².